The molecule has 2 rings (SSSR count). The molecule has 1 heterocycles. The van der Waals surface area contributed by atoms with E-state index in [9.17, 15) is 4.79 Å². The third-order valence-electron chi connectivity index (χ3n) is 2.74. The SMILES string of the molecule is C=C1NC(=O)CCC1Nc1cccc(C)c1. The number of anilines is 1. The molecule has 1 aromatic carbocycles. The predicted molar refractivity (Wildman–Crippen MR) is 65.1 cm³/mol. The van der Waals surface area contributed by atoms with Gasteiger partial charge in [0.05, 0.1) is 6.04 Å². The number of amides is 1. The lowest BCUT2D eigenvalue weighted by Gasteiger charge is -2.26. The molecule has 1 aromatic rings. The minimum atomic E-state index is 0.0623. The highest BCUT2D eigenvalue weighted by Gasteiger charge is 2.21. The molecule has 0 spiro atoms. The fraction of sp³-hybridized carbons (Fsp3) is 0.308. The molecule has 0 bridgehead atoms. The minimum Gasteiger partial charge on any atom is -0.377 e. The van der Waals surface area contributed by atoms with E-state index in [1.807, 2.05) is 12.1 Å². The number of hydrogen-bond acceptors (Lipinski definition) is 2. The standard InChI is InChI=1S/C13H16N2O/c1-9-4-3-5-11(8-9)15-12-6-7-13(16)14-10(12)2/h3-5,8,12,15H,2,6-7H2,1H3,(H,14,16). The normalized spacial score (nSPS) is 20.4. The number of benzene rings is 1. The Kier molecular flexibility index (Phi) is 2.95. The first-order valence-corrected chi connectivity index (χ1v) is 5.47. The van der Waals surface area contributed by atoms with Crippen molar-refractivity contribution in [2.75, 3.05) is 5.32 Å². The second-order valence-corrected chi connectivity index (χ2v) is 4.18. The molecular weight excluding hydrogens is 200 g/mol. The zero-order valence-corrected chi connectivity index (χ0v) is 9.42. The molecule has 1 aliphatic rings. The van der Waals surface area contributed by atoms with Crippen molar-refractivity contribution in [2.45, 2.75) is 25.8 Å². The summed E-state index contributed by atoms with van der Waals surface area (Å²) < 4.78 is 0. The van der Waals surface area contributed by atoms with Crippen LogP contribution >= 0.6 is 0 Å². The van der Waals surface area contributed by atoms with Crippen LogP contribution in [0.5, 0.6) is 0 Å². The number of nitrogens with one attached hydrogen (secondary N) is 2. The second kappa shape index (κ2) is 4.39. The number of aryl methyl sites for hydroxylation is 1. The molecule has 1 saturated heterocycles. The van der Waals surface area contributed by atoms with Gasteiger partial charge in [-0.3, -0.25) is 4.79 Å². The average Bonchev–Trinajstić information content (AvgIpc) is 2.22. The van der Waals surface area contributed by atoms with E-state index < -0.39 is 0 Å². The Morgan fingerprint density at radius 2 is 2.31 bits per heavy atom. The van der Waals surface area contributed by atoms with Crippen LogP contribution in [0.2, 0.25) is 0 Å². The lowest BCUT2D eigenvalue weighted by Crippen LogP contribution is -2.39. The molecule has 1 aliphatic heterocycles. The van der Waals surface area contributed by atoms with E-state index >= 15 is 0 Å². The van der Waals surface area contributed by atoms with Crippen molar-refractivity contribution < 1.29 is 4.79 Å². The van der Waals surface area contributed by atoms with Crippen LogP contribution in [-0.4, -0.2) is 11.9 Å². The van der Waals surface area contributed by atoms with Gasteiger partial charge in [-0.25, -0.2) is 0 Å². The molecule has 0 aromatic heterocycles. The van der Waals surface area contributed by atoms with Gasteiger partial charge in [0, 0.05) is 17.8 Å². The highest BCUT2D eigenvalue weighted by atomic mass is 16.1. The highest BCUT2D eigenvalue weighted by molar-refractivity contribution is 5.79. The first kappa shape index (κ1) is 10.7. The van der Waals surface area contributed by atoms with Gasteiger partial charge in [-0.05, 0) is 31.0 Å². The van der Waals surface area contributed by atoms with Crippen LogP contribution < -0.4 is 10.6 Å². The maximum absolute atomic E-state index is 11.1. The summed E-state index contributed by atoms with van der Waals surface area (Å²) in [4.78, 5) is 11.1. The zero-order valence-electron chi connectivity index (χ0n) is 9.42. The summed E-state index contributed by atoms with van der Waals surface area (Å²) in [6.07, 6.45) is 1.36. The largest absolute Gasteiger partial charge is 0.377 e. The molecule has 3 nitrogen and oxygen atoms in total. The lowest BCUT2D eigenvalue weighted by molar-refractivity contribution is -0.121. The molecule has 1 amide bonds. The topological polar surface area (TPSA) is 41.1 Å². The Morgan fingerprint density at radius 3 is 3.00 bits per heavy atom. The summed E-state index contributed by atoms with van der Waals surface area (Å²) in [6.45, 7) is 5.93. The summed E-state index contributed by atoms with van der Waals surface area (Å²) in [6, 6.07) is 8.32. The first-order chi connectivity index (χ1) is 7.65. The van der Waals surface area contributed by atoms with Gasteiger partial charge in [0.25, 0.3) is 0 Å². The van der Waals surface area contributed by atoms with Crippen molar-refractivity contribution in [3.63, 3.8) is 0 Å². The van der Waals surface area contributed by atoms with Crippen LogP contribution in [0.25, 0.3) is 0 Å². The van der Waals surface area contributed by atoms with E-state index in [1.54, 1.807) is 0 Å². The van der Waals surface area contributed by atoms with Crippen LogP contribution in [0.4, 0.5) is 5.69 Å². The Labute approximate surface area is 95.6 Å². The summed E-state index contributed by atoms with van der Waals surface area (Å²) in [7, 11) is 0. The molecule has 2 N–H and O–H groups in total. The molecule has 0 radical (unpaired) electrons. The van der Waals surface area contributed by atoms with Crippen LogP contribution in [0.15, 0.2) is 36.5 Å². The Morgan fingerprint density at radius 1 is 1.50 bits per heavy atom. The third-order valence-corrected chi connectivity index (χ3v) is 2.74. The molecule has 0 aliphatic carbocycles. The Hall–Kier alpha value is -1.77. The van der Waals surface area contributed by atoms with Crippen molar-refractivity contribution in [3.8, 4) is 0 Å². The Bertz CT molecular complexity index is 426. The summed E-state index contributed by atoms with van der Waals surface area (Å²) in [5, 5.41) is 6.15. The van der Waals surface area contributed by atoms with E-state index in [4.69, 9.17) is 0 Å². The molecule has 1 unspecified atom stereocenters. The summed E-state index contributed by atoms with van der Waals surface area (Å²) in [5.41, 5.74) is 3.05. The average molecular weight is 216 g/mol. The number of carbonyl (C=O) groups is 1. The zero-order chi connectivity index (χ0) is 11.5. The van der Waals surface area contributed by atoms with Crippen LogP contribution in [0.1, 0.15) is 18.4 Å². The monoisotopic (exact) mass is 216 g/mol. The molecule has 16 heavy (non-hydrogen) atoms. The third kappa shape index (κ3) is 2.42. The second-order valence-electron chi connectivity index (χ2n) is 4.18. The minimum absolute atomic E-state index is 0.0623. The van der Waals surface area contributed by atoms with Gasteiger partial charge < -0.3 is 10.6 Å². The van der Waals surface area contributed by atoms with Gasteiger partial charge in [-0.15, -0.1) is 0 Å². The molecule has 3 heteroatoms. The van der Waals surface area contributed by atoms with Gasteiger partial charge >= 0.3 is 0 Å². The van der Waals surface area contributed by atoms with E-state index in [0.717, 1.165) is 17.8 Å². The van der Waals surface area contributed by atoms with E-state index in [-0.39, 0.29) is 11.9 Å². The summed E-state index contributed by atoms with van der Waals surface area (Å²) in [5.74, 6) is 0.0623. The van der Waals surface area contributed by atoms with Gasteiger partial charge in [0.15, 0.2) is 0 Å². The number of carbonyl (C=O) groups excluding carboxylic acids is 1. The number of hydrogen-bond donors (Lipinski definition) is 2. The predicted octanol–water partition coefficient (Wildman–Crippen LogP) is 2.20. The van der Waals surface area contributed by atoms with Crippen molar-refractivity contribution in [2.24, 2.45) is 0 Å². The van der Waals surface area contributed by atoms with E-state index in [2.05, 4.69) is 36.3 Å². The molecule has 0 saturated carbocycles. The summed E-state index contributed by atoms with van der Waals surface area (Å²) >= 11 is 0. The van der Waals surface area contributed by atoms with Crippen molar-refractivity contribution in [3.05, 3.63) is 42.1 Å². The van der Waals surface area contributed by atoms with Crippen LogP contribution in [0, 0.1) is 6.92 Å². The molecular formula is C13H16N2O. The fourth-order valence-electron chi connectivity index (χ4n) is 1.87. The molecule has 1 fully saturated rings. The van der Waals surface area contributed by atoms with Crippen LogP contribution in [0.3, 0.4) is 0 Å². The maximum Gasteiger partial charge on any atom is 0.224 e. The van der Waals surface area contributed by atoms with E-state index in [1.165, 1.54) is 5.56 Å². The van der Waals surface area contributed by atoms with Crippen LogP contribution in [-0.2, 0) is 4.79 Å². The highest BCUT2D eigenvalue weighted by Crippen LogP contribution is 2.18. The number of piperidine rings is 1. The molecule has 84 valence electrons. The lowest BCUT2D eigenvalue weighted by atomic mass is 10.0. The van der Waals surface area contributed by atoms with E-state index in [0.29, 0.717) is 6.42 Å². The van der Waals surface area contributed by atoms with Gasteiger partial charge in [-0.2, -0.15) is 0 Å². The smallest absolute Gasteiger partial charge is 0.224 e. The van der Waals surface area contributed by atoms with Gasteiger partial charge in [-0.1, -0.05) is 18.7 Å². The maximum atomic E-state index is 11.1. The first-order valence-electron chi connectivity index (χ1n) is 5.47. The van der Waals surface area contributed by atoms with Gasteiger partial charge in [0.2, 0.25) is 5.91 Å². The Balaban J connectivity index is 2.05. The molecule has 1 atom stereocenters. The number of rotatable bonds is 2. The van der Waals surface area contributed by atoms with Crippen molar-refractivity contribution in [1.82, 2.24) is 5.32 Å². The van der Waals surface area contributed by atoms with Gasteiger partial charge in [0.1, 0.15) is 0 Å². The van der Waals surface area contributed by atoms with Crippen molar-refractivity contribution >= 4 is 11.6 Å². The fourth-order valence-corrected chi connectivity index (χ4v) is 1.87. The quantitative estimate of drug-likeness (QED) is 0.795. The van der Waals surface area contributed by atoms with Crippen molar-refractivity contribution in [1.29, 1.82) is 0 Å².